The van der Waals surface area contributed by atoms with Crippen LogP contribution in [0.5, 0.6) is 5.75 Å². The van der Waals surface area contributed by atoms with E-state index in [2.05, 4.69) is 20.3 Å². The molecule has 0 saturated carbocycles. The van der Waals surface area contributed by atoms with Crippen molar-refractivity contribution in [2.24, 2.45) is 0 Å². The summed E-state index contributed by atoms with van der Waals surface area (Å²) in [5, 5.41) is 3.20. The molecule has 1 aromatic carbocycles. The van der Waals surface area contributed by atoms with Crippen LogP contribution in [0.3, 0.4) is 0 Å². The summed E-state index contributed by atoms with van der Waals surface area (Å²) in [7, 11) is 0. The number of nitrogens with zero attached hydrogens (tertiary/aromatic N) is 4. The van der Waals surface area contributed by atoms with Gasteiger partial charge < -0.3 is 14.8 Å². The Morgan fingerprint density at radius 3 is 2.97 bits per heavy atom. The molecule has 0 radical (unpaired) electrons. The van der Waals surface area contributed by atoms with Crippen molar-refractivity contribution in [3.05, 3.63) is 71.2 Å². The molecule has 0 aliphatic carbocycles. The molecule has 33 heavy (non-hydrogen) atoms. The maximum absolute atomic E-state index is 14.6. The van der Waals surface area contributed by atoms with E-state index < -0.39 is 5.97 Å². The van der Waals surface area contributed by atoms with Gasteiger partial charge in [0.2, 0.25) is 5.95 Å². The van der Waals surface area contributed by atoms with Crippen LogP contribution in [0.25, 0.3) is 16.8 Å². The van der Waals surface area contributed by atoms with Crippen molar-refractivity contribution in [1.82, 2.24) is 19.4 Å². The summed E-state index contributed by atoms with van der Waals surface area (Å²) in [4.78, 5) is 25.8. The second-order valence-corrected chi connectivity index (χ2v) is 7.63. The van der Waals surface area contributed by atoms with E-state index in [4.69, 9.17) is 9.47 Å². The first-order chi connectivity index (χ1) is 16.1. The van der Waals surface area contributed by atoms with Crippen LogP contribution in [-0.2, 0) is 17.7 Å². The Bertz CT molecular complexity index is 1370. The highest BCUT2D eigenvalue weighted by atomic mass is 19.1. The Kier molecular flexibility index (Phi) is 5.37. The van der Waals surface area contributed by atoms with E-state index in [0.29, 0.717) is 35.9 Å². The molecule has 168 valence electrons. The third-order valence-corrected chi connectivity index (χ3v) is 5.64. The number of imidazole rings is 1. The topological polar surface area (TPSA) is 90.6 Å². The number of ether oxygens (including phenoxy) is 2. The lowest BCUT2D eigenvalue weighted by molar-refractivity contribution is 0.0520. The quantitative estimate of drug-likeness (QED) is 0.448. The number of nitrogens with one attached hydrogen (secondary N) is 1. The molecule has 0 fully saturated rings. The highest BCUT2D eigenvalue weighted by Gasteiger charge is 2.21. The van der Waals surface area contributed by atoms with Gasteiger partial charge >= 0.3 is 5.97 Å². The number of aromatic nitrogens is 4. The lowest BCUT2D eigenvalue weighted by Crippen LogP contribution is -2.10. The van der Waals surface area contributed by atoms with E-state index in [1.54, 1.807) is 36.0 Å². The van der Waals surface area contributed by atoms with Crippen molar-refractivity contribution in [2.75, 3.05) is 18.5 Å². The number of carbonyl (C=O) groups is 1. The normalized spacial score (nSPS) is 12.5. The van der Waals surface area contributed by atoms with Crippen LogP contribution in [-0.4, -0.2) is 38.5 Å². The van der Waals surface area contributed by atoms with Gasteiger partial charge in [0.25, 0.3) is 0 Å². The lowest BCUT2D eigenvalue weighted by atomic mass is 10.0. The predicted molar refractivity (Wildman–Crippen MR) is 120 cm³/mol. The number of fused-ring (bicyclic) bond motifs is 2. The summed E-state index contributed by atoms with van der Waals surface area (Å²) in [6.07, 6.45) is 5.63. The molecule has 0 atom stereocenters. The minimum absolute atomic E-state index is 0.163. The van der Waals surface area contributed by atoms with E-state index in [1.807, 2.05) is 19.1 Å². The Morgan fingerprint density at radius 1 is 1.27 bits per heavy atom. The summed E-state index contributed by atoms with van der Waals surface area (Å²) in [5.41, 5.74) is 4.47. The van der Waals surface area contributed by atoms with Crippen molar-refractivity contribution >= 4 is 17.6 Å². The number of pyridine rings is 1. The average Bonchev–Trinajstić information content (AvgIpc) is 3.47. The predicted octanol–water partition coefficient (Wildman–Crippen LogP) is 3.96. The van der Waals surface area contributed by atoms with Gasteiger partial charge in [0.1, 0.15) is 17.2 Å². The first kappa shape index (κ1) is 20.9. The van der Waals surface area contributed by atoms with Gasteiger partial charge in [-0.1, -0.05) is 6.07 Å². The van der Waals surface area contributed by atoms with E-state index in [-0.39, 0.29) is 24.7 Å². The molecule has 1 aliphatic rings. The second-order valence-electron chi connectivity index (χ2n) is 7.63. The first-order valence-electron chi connectivity index (χ1n) is 10.7. The summed E-state index contributed by atoms with van der Waals surface area (Å²) in [5.74, 6) is 0.309. The second kappa shape index (κ2) is 8.50. The Morgan fingerprint density at radius 2 is 2.15 bits per heavy atom. The molecule has 0 unspecified atom stereocenters. The fraction of sp³-hybridized carbons (Fsp3) is 0.250. The molecule has 9 heteroatoms. The third-order valence-electron chi connectivity index (χ3n) is 5.64. The molecule has 4 heterocycles. The maximum atomic E-state index is 14.6. The van der Waals surface area contributed by atoms with Gasteiger partial charge in [0, 0.05) is 59.5 Å². The van der Waals surface area contributed by atoms with Crippen LogP contribution in [0.2, 0.25) is 0 Å². The van der Waals surface area contributed by atoms with Crippen LogP contribution in [0.4, 0.5) is 10.3 Å². The number of anilines is 1. The summed E-state index contributed by atoms with van der Waals surface area (Å²) >= 11 is 0. The zero-order valence-corrected chi connectivity index (χ0v) is 18.3. The minimum atomic E-state index is -0.523. The average molecular weight is 447 g/mol. The number of aryl methyl sites for hydroxylation is 1. The number of esters is 1. The Hall–Kier alpha value is -4.01. The molecule has 1 N–H and O–H groups in total. The zero-order chi connectivity index (χ0) is 22.9. The fourth-order valence-electron chi connectivity index (χ4n) is 4.04. The van der Waals surface area contributed by atoms with Crippen LogP contribution in [0.15, 0.2) is 42.9 Å². The minimum Gasteiger partial charge on any atom is -0.493 e. The van der Waals surface area contributed by atoms with Gasteiger partial charge in [-0.15, -0.1) is 0 Å². The summed E-state index contributed by atoms with van der Waals surface area (Å²) < 4.78 is 27.0. The van der Waals surface area contributed by atoms with Crippen LogP contribution < -0.4 is 10.1 Å². The summed E-state index contributed by atoms with van der Waals surface area (Å²) in [6.45, 7) is 4.62. The van der Waals surface area contributed by atoms with Gasteiger partial charge in [-0.25, -0.2) is 19.2 Å². The number of halogens is 1. The van der Waals surface area contributed by atoms with Crippen molar-refractivity contribution in [3.8, 4) is 16.9 Å². The largest absolute Gasteiger partial charge is 0.493 e. The molecule has 0 bridgehead atoms. The number of hydrogen-bond acceptors (Lipinski definition) is 7. The molecule has 8 nitrogen and oxygen atoms in total. The van der Waals surface area contributed by atoms with E-state index >= 15 is 0 Å². The molecule has 0 saturated heterocycles. The molecule has 1 aliphatic heterocycles. The smallest absolute Gasteiger partial charge is 0.358 e. The molecule has 4 aromatic rings. The molecule has 0 amide bonds. The molecule has 5 rings (SSSR count). The highest BCUT2D eigenvalue weighted by molar-refractivity contribution is 5.90. The van der Waals surface area contributed by atoms with E-state index in [0.717, 1.165) is 22.4 Å². The Balaban J connectivity index is 1.57. The number of carbonyl (C=O) groups excluding carboxylic acids is 1. The summed E-state index contributed by atoms with van der Waals surface area (Å²) in [6, 6.07) is 6.83. The monoisotopic (exact) mass is 447 g/mol. The zero-order valence-electron chi connectivity index (χ0n) is 18.3. The molecule has 0 spiro atoms. The Labute approximate surface area is 189 Å². The lowest BCUT2D eigenvalue weighted by Gasteiger charge is -2.13. The van der Waals surface area contributed by atoms with Crippen LogP contribution in [0.1, 0.15) is 34.2 Å². The maximum Gasteiger partial charge on any atom is 0.358 e. The molecule has 3 aromatic heterocycles. The third kappa shape index (κ3) is 3.75. The first-order valence-corrected chi connectivity index (χ1v) is 10.7. The van der Waals surface area contributed by atoms with Crippen LogP contribution in [0, 0.1) is 12.7 Å². The SMILES string of the molecule is CCOC(=O)c1cn2c(NCc3c(F)ccc4c3CCO4)ncc(-c3cccnc3C)c2n1. The number of benzene rings is 1. The van der Waals surface area contributed by atoms with Crippen molar-refractivity contribution in [2.45, 2.75) is 26.8 Å². The van der Waals surface area contributed by atoms with Gasteiger partial charge in [-0.05, 0) is 32.0 Å². The van der Waals surface area contributed by atoms with E-state index in [1.165, 1.54) is 6.07 Å². The fourth-order valence-corrected chi connectivity index (χ4v) is 4.04. The van der Waals surface area contributed by atoms with Gasteiger partial charge in [-0.2, -0.15) is 0 Å². The van der Waals surface area contributed by atoms with Crippen LogP contribution >= 0.6 is 0 Å². The van der Waals surface area contributed by atoms with Crippen molar-refractivity contribution < 1.29 is 18.7 Å². The number of rotatable bonds is 6. The number of hydrogen-bond donors (Lipinski definition) is 1. The van der Waals surface area contributed by atoms with E-state index in [9.17, 15) is 9.18 Å². The van der Waals surface area contributed by atoms with Gasteiger partial charge in [-0.3, -0.25) is 9.38 Å². The van der Waals surface area contributed by atoms with Crippen molar-refractivity contribution in [3.63, 3.8) is 0 Å². The van der Waals surface area contributed by atoms with Gasteiger partial charge in [0.05, 0.1) is 13.2 Å². The van der Waals surface area contributed by atoms with Crippen molar-refractivity contribution in [1.29, 1.82) is 0 Å². The standard InChI is InChI=1S/C24H22FN5O3/c1-3-32-23(31)20-13-30-22(29-20)18(15-5-4-9-26-14(15)2)12-28-24(30)27-11-17-16-8-10-33-21(16)7-6-19(17)25/h4-7,9,12-13H,3,8,10-11H2,1-2H3,(H,27,28). The molecular formula is C24H22FN5O3. The van der Waals surface area contributed by atoms with Gasteiger partial charge in [0.15, 0.2) is 5.69 Å². The highest BCUT2D eigenvalue weighted by Crippen LogP contribution is 2.31. The molecular weight excluding hydrogens is 425 g/mol.